The lowest BCUT2D eigenvalue weighted by atomic mass is 10.00. The van der Waals surface area contributed by atoms with Crippen LogP contribution in [0.4, 0.5) is 5.69 Å². The Hall–Kier alpha value is -1.39. The summed E-state index contributed by atoms with van der Waals surface area (Å²) in [4.78, 5) is 14.3. The van der Waals surface area contributed by atoms with Crippen molar-refractivity contribution in [3.05, 3.63) is 29.8 Å². The van der Waals surface area contributed by atoms with E-state index in [-0.39, 0.29) is 5.91 Å². The Morgan fingerprint density at radius 1 is 1.32 bits per heavy atom. The first-order chi connectivity index (χ1) is 10.7. The van der Waals surface area contributed by atoms with E-state index in [4.69, 9.17) is 0 Å². The van der Waals surface area contributed by atoms with Gasteiger partial charge >= 0.3 is 0 Å². The van der Waals surface area contributed by atoms with E-state index < -0.39 is 0 Å². The van der Waals surface area contributed by atoms with Crippen LogP contribution in [0.5, 0.6) is 0 Å². The zero-order chi connectivity index (χ0) is 15.8. The van der Waals surface area contributed by atoms with Gasteiger partial charge < -0.3 is 10.6 Å². The molecule has 1 aromatic rings. The normalized spacial score (nSPS) is 19.1. The van der Waals surface area contributed by atoms with Crippen molar-refractivity contribution in [1.29, 1.82) is 0 Å². The second-order valence-corrected chi connectivity index (χ2v) is 6.43. The summed E-state index contributed by atoms with van der Waals surface area (Å²) in [6, 6.07) is 8.28. The highest BCUT2D eigenvalue weighted by Gasteiger charge is 2.16. The van der Waals surface area contributed by atoms with Crippen LogP contribution >= 0.6 is 0 Å². The molecular weight excluding hydrogens is 274 g/mol. The number of hydrogen-bond acceptors (Lipinski definition) is 3. The number of likely N-dealkylation sites (tertiary alicyclic amines) is 1. The fraction of sp³-hybridized carbons (Fsp3) is 0.611. The van der Waals surface area contributed by atoms with E-state index in [2.05, 4.69) is 34.6 Å². The minimum absolute atomic E-state index is 0.0906. The lowest BCUT2D eigenvalue weighted by Gasteiger charge is -2.30. The number of carbonyl (C=O) groups excluding carboxylic acids is 1. The molecule has 0 aromatic heterocycles. The minimum atomic E-state index is 0.0906. The maximum Gasteiger partial charge on any atom is 0.224 e. The molecule has 4 heteroatoms. The SMILES string of the molecule is CNCCCC(=O)Nc1ccc(CN2CCCC(C)C2)cc1. The number of nitrogens with one attached hydrogen (secondary N) is 2. The van der Waals surface area contributed by atoms with Gasteiger partial charge in [0.15, 0.2) is 0 Å². The Balaban J connectivity index is 1.78. The molecule has 0 spiro atoms. The number of nitrogens with zero attached hydrogens (tertiary/aromatic N) is 1. The summed E-state index contributed by atoms with van der Waals surface area (Å²) in [6.45, 7) is 6.62. The van der Waals surface area contributed by atoms with Gasteiger partial charge in [-0.25, -0.2) is 0 Å². The van der Waals surface area contributed by atoms with Crippen LogP contribution in [0.1, 0.15) is 38.2 Å². The van der Waals surface area contributed by atoms with E-state index in [1.807, 2.05) is 19.2 Å². The molecule has 2 N–H and O–H groups in total. The molecule has 4 nitrogen and oxygen atoms in total. The van der Waals surface area contributed by atoms with Crippen LogP contribution in [0.15, 0.2) is 24.3 Å². The van der Waals surface area contributed by atoms with E-state index >= 15 is 0 Å². The number of hydrogen-bond donors (Lipinski definition) is 2. The Labute approximate surface area is 134 Å². The molecule has 1 saturated heterocycles. The van der Waals surface area contributed by atoms with Crippen molar-refractivity contribution in [2.75, 3.05) is 32.0 Å². The van der Waals surface area contributed by atoms with Gasteiger partial charge in [-0.1, -0.05) is 19.1 Å². The molecule has 1 heterocycles. The monoisotopic (exact) mass is 303 g/mol. The maximum atomic E-state index is 11.8. The lowest BCUT2D eigenvalue weighted by Crippen LogP contribution is -2.33. The van der Waals surface area contributed by atoms with Crippen LogP contribution in [0, 0.1) is 5.92 Å². The Bertz CT molecular complexity index is 458. The van der Waals surface area contributed by atoms with Crippen molar-refractivity contribution in [3.8, 4) is 0 Å². The van der Waals surface area contributed by atoms with Gasteiger partial charge in [-0.2, -0.15) is 0 Å². The molecule has 1 aliphatic rings. The predicted octanol–water partition coefficient (Wildman–Crippen LogP) is 2.86. The average Bonchev–Trinajstić information content (AvgIpc) is 2.50. The van der Waals surface area contributed by atoms with Gasteiger partial charge in [-0.15, -0.1) is 0 Å². The number of rotatable bonds is 7. The molecule has 1 amide bonds. The standard InChI is InChI=1S/C18H29N3O/c1-15-5-4-12-21(13-15)14-16-7-9-17(10-8-16)20-18(22)6-3-11-19-2/h7-10,15,19H,3-6,11-14H2,1-2H3,(H,20,22). The first-order valence-electron chi connectivity index (χ1n) is 8.43. The molecule has 1 fully saturated rings. The third-order valence-electron chi connectivity index (χ3n) is 4.22. The van der Waals surface area contributed by atoms with Crippen molar-refractivity contribution in [1.82, 2.24) is 10.2 Å². The van der Waals surface area contributed by atoms with E-state index in [0.29, 0.717) is 6.42 Å². The number of amides is 1. The molecule has 0 bridgehead atoms. The van der Waals surface area contributed by atoms with Gasteiger partial charge in [0, 0.05) is 25.2 Å². The maximum absolute atomic E-state index is 11.8. The minimum Gasteiger partial charge on any atom is -0.326 e. The average molecular weight is 303 g/mol. The fourth-order valence-electron chi connectivity index (χ4n) is 3.03. The molecular formula is C18H29N3O. The first kappa shape index (κ1) is 17.0. The Morgan fingerprint density at radius 2 is 2.09 bits per heavy atom. The molecule has 1 aliphatic heterocycles. The molecule has 0 aliphatic carbocycles. The lowest BCUT2D eigenvalue weighted by molar-refractivity contribution is -0.116. The van der Waals surface area contributed by atoms with E-state index in [0.717, 1.165) is 31.1 Å². The van der Waals surface area contributed by atoms with Gasteiger partial charge in [0.25, 0.3) is 0 Å². The predicted molar refractivity (Wildman–Crippen MR) is 91.9 cm³/mol. The third kappa shape index (κ3) is 5.78. The van der Waals surface area contributed by atoms with E-state index in [1.54, 1.807) is 0 Å². The topological polar surface area (TPSA) is 44.4 Å². The van der Waals surface area contributed by atoms with Crippen molar-refractivity contribution in [2.24, 2.45) is 5.92 Å². The van der Waals surface area contributed by atoms with E-state index in [1.165, 1.54) is 31.5 Å². The first-order valence-corrected chi connectivity index (χ1v) is 8.43. The van der Waals surface area contributed by atoms with Crippen LogP contribution in [0.25, 0.3) is 0 Å². The molecule has 122 valence electrons. The number of carbonyl (C=O) groups is 1. The van der Waals surface area contributed by atoms with Crippen LogP contribution in [-0.4, -0.2) is 37.5 Å². The van der Waals surface area contributed by atoms with Crippen LogP contribution < -0.4 is 10.6 Å². The molecule has 0 radical (unpaired) electrons. The summed E-state index contributed by atoms with van der Waals surface area (Å²) in [5, 5.41) is 6.01. The summed E-state index contributed by atoms with van der Waals surface area (Å²) in [5.74, 6) is 0.901. The zero-order valence-electron chi connectivity index (χ0n) is 13.9. The largest absolute Gasteiger partial charge is 0.326 e. The highest BCUT2D eigenvalue weighted by Crippen LogP contribution is 2.18. The number of piperidine rings is 1. The van der Waals surface area contributed by atoms with Gasteiger partial charge in [-0.05, 0) is 63.0 Å². The van der Waals surface area contributed by atoms with Gasteiger partial charge in [0.1, 0.15) is 0 Å². The Morgan fingerprint density at radius 3 is 2.77 bits per heavy atom. The smallest absolute Gasteiger partial charge is 0.224 e. The number of benzene rings is 1. The highest BCUT2D eigenvalue weighted by molar-refractivity contribution is 5.90. The molecule has 2 rings (SSSR count). The van der Waals surface area contributed by atoms with Gasteiger partial charge in [0.05, 0.1) is 0 Å². The molecule has 1 unspecified atom stereocenters. The summed E-state index contributed by atoms with van der Waals surface area (Å²) in [6.07, 6.45) is 4.10. The molecule has 1 atom stereocenters. The summed E-state index contributed by atoms with van der Waals surface area (Å²) in [5.41, 5.74) is 2.22. The van der Waals surface area contributed by atoms with Crippen molar-refractivity contribution < 1.29 is 4.79 Å². The van der Waals surface area contributed by atoms with Crippen LogP contribution in [-0.2, 0) is 11.3 Å². The fourth-order valence-corrected chi connectivity index (χ4v) is 3.03. The van der Waals surface area contributed by atoms with Crippen LogP contribution in [0.2, 0.25) is 0 Å². The summed E-state index contributed by atoms with van der Waals surface area (Å²) < 4.78 is 0. The quantitative estimate of drug-likeness (QED) is 0.761. The number of anilines is 1. The van der Waals surface area contributed by atoms with Gasteiger partial charge in [0.2, 0.25) is 5.91 Å². The second kappa shape index (κ2) is 8.91. The molecule has 0 saturated carbocycles. The molecule has 1 aromatic carbocycles. The van der Waals surface area contributed by atoms with E-state index in [9.17, 15) is 4.79 Å². The van der Waals surface area contributed by atoms with Crippen molar-refractivity contribution in [2.45, 2.75) is 39.2 Å². The van der Waals surface area contributed by atoms with Gasteiger partial charge in [-0.3, -0.25) is 9.69 Å². The Kier molecular flexibility index (Phi) is 6.87. The molecule has 22 heavy (non-hydrogen) atoms. The zero-order valence-corrected chi connectivity index (χ0v) is 13.9. The highest BCUT2D eigenvalue weighted by atomic mass is 16.1. The summed E-state index contributed by atoms with van der Waals surface area (Å²) >= 11 is 0. The second-order valence-electron chi connectivity index (χ2n) is 6.43. The summed E-state index contributed by atoms with van der Waals surface area (Å²) in [7, 11) is 1.90. The third-order valence-corrected chi connectivity index (χ3v) is 4.22. The van der Waals surface area contributed by atoms with Crippen LogP contribution in [0.3, 0.4) is 0 Å². The van der Waals surface area contributed by atoms with Crippen molar-refractivity contribution in [3.63, 3.8) is 0 Å². The van der Waals surface area contributed by atoms with Crippen molar-refractivity contribution >= 4 is 11.6 Å².